The first-order valence-electron chi connectivity index (χ1n) is 15.1. The molecule has 0 fully saturated rings. The van der Waals surface area contributed by atoms with Gasteiger partial charge in [-0.15, -0.1) is 0 Å². The Morgan fingerprint density at radius 1 is 0.500 bits per heavy atom. The number of rotatable bonds is 2. The van der Waals surface area contributed by atoms with Gasteiger partial charge in [-0.3, -0.25) is 0 Å². The summed E-state index contributed by atoms with van der Waals surface area (Å²) in [6.45, 7) is 0.179. The third kappa shape index (κ3) is 3.04. The van der Waals surface area contributed by atoms with Crippen molar-refractivity contribution in [2.45, 2.75) is 0 Å². The van der Waals surface area contributed by atoms with Crippen LogP contribution in [0.3, 0.4) is 0 Å². The highest BCUT2D eigenvalue weighted by atomic mass is 15.2. The molecule has 200 valence electrons. The van der Waals surface area contributed by atoms with Gasteiger partial charge in [0.2, 0.25) is 6.71 Å². The van der Waals surface area contributed by atoms with Gasteiger partial charge in [-0.05, 0) is 96.5 Å². The Kier molecular flexibility index (Phi) is 4.63. The van der Waals surface area contributed by atoms with Crippen LogP contribution < -0.4 is 21.3 Å². The van der Waals surface area contributed by atoms with Crippen LogP contribution in [0.2, 0.25) is 0 Å². The molecule has 10 rings (SSSR count). The first kappa shape index (κ1) is 23.7. The summed E-state index contributed by atoms with van der Waals surface area (Å²) < 4.78 is 0. The molecule has 0 aliphatic carbocycles. The van der Waals surface area contributed by atoms with E-state index in [4.69, 9.17) is 0 Å². The third-order valence-electron chi connectivity index (χ3n) is 9.85. The van der Waals surface area contributed by atoms with Gasteiger partial charge in [-0.1, -0.05) is 109 Å². The van der Waals surface area contributed by atoms with Crippen molar-refractivity contribution in [2.24, 2.45) is 0 Å². The van der Waals surface area contributed by atoms with Gasteiger partial charge in [0.25, 0.3) is 0 Å². The van der Waals surface area contributed by atoms with Crippen LogP contribution in [0, 0.1) is 11.3 Å². The molecule has 2 aliphatic heterocycles. The summed E-state index contributed by atoms with van der Waals surface area (Å²) in [7, 11) is 0. The predicted octanol–water partition coefficient (Wildman–Crippen LogP) is 8.40. The second-order valence-electron chi connectivity index (χ2n) is 12.0. The molecule has 8 aromatic rings. The molecule has 0 saturated carbocycles. The van der Waals surface area contributed by atoms with Gasteiger partial charge in [-0.25, -0.2) is 0 Å². The van der Waals surface area contributed by atoms with Crippen molar-refractivity contribution < 1.29 is 0 Å². The van der Waals surface area contributed by atoms with Crippen molar-refractivity contribution in [3.63, 3.8) is 0 Å². The van der Waals surface area contributed by atoms with Crippen LogP contribution >= 0.6 is 0 Å². The fraction of sp³-hybridized carbons (Fsp3) is 0. The fourth-order valence-corrected chi connectivity index (χ4v) is 7.96. The molecule has 0 unspecified atom stereocenters. The van der Waals surface area contributed by atoms with Gasteiger partial charge in [0.1, 0.15) is 0 Å². The minimum atomic E-state index is 0.179. The summed E-state index contributed by atoms with van der Waals surface area (Å²) >= 11 is 0. The van der Waals surface area contributed by atoms with Gasteiger partial charge >= 0.3 is 0 Å². The van der Waals surface area contributed by atoms with E-state index >= 15 is 0 Å². The zero-order chi connectivity index (χ0) is 28.9. The molecular formula is C41H23BN2. The fourth-order valence-electron chi connectivity index (χ4n) is 7.96. The van der Waals surface area contributed by atoms with Crippen molar-refractivity contribution >= 4 is 72.5 Å². The normalized spacial score (nSPS) is 12.9. The van der Waals surface area contributed by atoms with E-state index in [1.807, 2.05) is 24.3 Å². The molecule has 2 aliphatic rings. The largest absolute Gasteiger partial charge is 0.311 e. The van der Waals surface area contributed by atoms with E-state index in [9.17, 15) is 5.26 Å². The third-order valence-corrected chi connectivity index (χ3v) is 9.85. The van der Waals surface area contributed by atoms with Crippen molar-refractivity contribution in [2.75, 3.05) is 4.90 Å². The van der Waals surface area contributed by atoms with E-state index in [2.05, 4.69) is 126 Å². The average Bonchev–Trinajstić information content (AvgIpc) is 3.42. The standard InChI is InChI=1S/C41H23BN2/c43-24-25-11-13-26(14-12-25)30-18-21-34-33(23-30)31-7-4-10-38-41(31)42(34)35-8-1-2-9-37(35)44(38)36-22-19-29-16-15-27-5-3-6-28-17-20-32(36)40(29)39(27)28/h1-23H. The molecule has 0 saturated heterocycles. The number of benzene rings is 8. The lowest BCUT2D eigenvalue weighted by Crippen LogP contribution is -2.54. The summed E-state index contributed by atoms with van der Waals surface area (Å²) in [6.07, 6.45) is 0. The molecule has 0 bridgehead atoms. The average molecular weight is 554 g/mol. The molecule has 3 heteroatoms. The maximum absolute atomic E-state index is 9.28. The van der Waals surface area contributed by atoms with Crippen LogP contribution in [0.25, 0.3) is 54.6 Å². The molecule has 2 nitrogen and oxygen atoms in total. The first-order chi connectivity index (χ1) is 21.8. The van der Waals surface area contributed by atoms with Crippen LogP contribution in [0.4, 0.5) is 17.1 Å². The molecule has 2 heterocycles. The van der Waals surface area contributed by atoms with Gasteiger partial charge in [0.05, 0.1) is 17.3 Å². The van der Waals surface area contributed by atoms with Crippen LogP contribution in [0.15, 0.2) is 140 Å². The van der Waals surface area contributed by atoms with E-state index in [0.717, 1.165) is 5.56 Å². The van der Waals surface area contributed by atoms with E-state index in [1.54, 1.807) is 0 Å². The molecule has 0 atom stereocenters. The zero-order valence-corrected chi connectivity index (χ0v) is 23.8. The molecule has 0 spiro atoms. The van der Waals surface area contributed by atoms with Crippen molar-refractivity contribution in [3.8, 4) is 28.3 Å². The first-order valence-corrected chi connectivity index (χ1v) is 15.1. The van der Waals surface area contributed by atoms with Gasteiger partial charge in [-0.2, -0.15) is 5.26 Å². The minimum absolute atomic E-state index is 0.179. The number of nitrogens with zero attached hydrogens (tertiary/aromatic N) is 2. The highest BCUT2D eigenvalue weighted by Crippen LogP contribution is 2.46. The number of fused-ring (bicyclic) bond motifs is 5. The Hall–Kier alpha value is -5.85. The smallest absolute Gasteiger partial charge is 0.248 e. The van der Waals surface area contributed by atoms with Crippen LogP contribution in [0.5, 0.6) is 0 Å². The second kappa shape index (κ2) is 8.60. The summed E-state index contributed by atoms with van der Waals surface area (Å²) in [5.74, 6) is 0. The quantitative estimate of drug-likeness (QED) is 0.159. The molecule has 0 radical (unpaired) electrons. The van der Waals surface area contributed by atoms with Crippen LogP contribution in [0.1, 0.15) is 5.56 Å². The van der Waals surface area contributed by atoms with Crippen LogP contribution in [-0.2, 0) is 0 Å². The molecule has 0 amide bonds. The van der Waals surface area contributed by atoms with Gasteiger partial charge in [0, 0.05) is 16.8 Å². The Morgan fingerprint density at radius 3 is 2.05 bits per heavy atom. The zero-order valence-electron chi connectivity index (χ0n) is 23.8. The summed E-state index contributed by atoms with van der Waals surface area (Å²) in [6, 6.07) is 53.1. The van der Waals surface area contributed by atoms with Crippen molar-refractivity contribution in [1.82, 2.24) is 0 Å². The minimum Gasteiger partial charge on any atom is -0.311 e. The lowest BCUT2D eigenvalue weighted by atomic mass is 9.37. The Morgan fingerprint density at radius 2 is 1.20 bits per heavy atom. The SMILES string of the molecule is N#Cc1ccc(-c2ccc3c(c2)-c2cccc4c2B3c2ccccc2N4c2ccc3ccc4cccc5ccc2c3c45)cc1. The molecule has 0 N–H and O–H groups in total. The lowest BCUT2D eigenvalue weighted by Gasteiger charge is -2.36. The van der Waals surface area contributed by atoms with E-state index in [-0.39, 0.29) is 6.71 Å². The van der Waals surface area contributed by atoms with E-state index < -0.39 is 0 Å². The molecule has 8 aromatic carbocycles. The van der Waals surface area contributed by atoms with E-state index in [1.165, 1.54) is 82.5 Å². The Labute approximate surface area is 255 Å². The van der Waals surface area contributed by atoms with Crippen LogP contribution in [-0.4, -0.2) is 6.71 Å². The second-order valence-corrected chi connectivity index (χ2v) is 12.0. The number of hydrogen-bond donors (Lipinski definition) is 0. The number of nitriles is 1. The topological polar surface area (TPSA) is 27.0 Å². The highest BCUT2D eigenvalue weighted by molar-refractivity contribution is 7.01. The summed E-state index contributed by atoms with van der Waals surface area (Å²) in [5.41, 5.74) is 13.3. The predicted molar refractivity (Wildman–Crippen MR) is 185 cm³/mol. The number of anilines is 3. The monoisotopic (exact) mass is 554 g/mol. The van der Waals surface area contributed by atoms with Gasteiger partial charge < -0.3 is 4.90 Å². The van der Waals surface area contributed by atoms with E-state index in [0.29, 0.717) is 5.56 Å². The maximum atomic E-state index is 9.28. The van der Waals surface area contributed by atoms with Gasteiger partial charge in [0.15, 0.2) is 0 Å². The highest BCUT2D eigenvalue weighted by Gasteiger charge is 2.42. The lowest BCUT2D eigenvalue weighted by molar-refractivity contribution is 1.31. The summed E-state index contributed by atoms with van der Waals surface area (Å²) in [4.78, 5) is 2.50. The number of para-hydroxylation sites is 1. The van der Waals surface area contributed by atoms with Crippen molar-refractivity contribution in [3.05, 3.63) is 145 Å². The Bertz CT molecular complexity index is 2510. The number of hydrogen-bond acceptors (Lipinski definition) is 2. The maximum Gasteiger partial charge on any atom is 0.248 e. The summed E-state index contributed by atoms with van der Waals surface area (Å²) in [5, 5.41) is 17.1. The molecular weight excluding hydrogens is 531 g/mol. The van der Waals surface area contributed by atoms with Crippen molar-refractivity contribution in [1.29, 1.82) is 5.26 Å². The molecule has 0 aromatic heterocycles. The molecule has 44 heavy (non-hydrogen) atoms. The Balaban J connectivity index is 1.23.